The van der Waals surface area contributed by atoms with Crippen LogP contribution >= 0.6 is 11.6 Å². The first-order valence-electron chi connectivity index (χ1n) is 6.09. The van der Waals surface area contributed by atoms with Crippen LogP contribution in [0.2, 0.25) is 5.02 Å². The minimum atomic E-state index is -0.385. The van der Waals surface area contributed by atoms with E-state index in [9.17, 15) is 4.79 Å². The van der Waals surface area contributed by atoms with Crippen LogP contribution in [-0.4, -0.2) is 19.2 Å². The molecule has 0 saturated carbocycles. The van der Waals surface area contributed by atoms with Crippen LogP contribution in [0.4, 0.5) is 0 Å². The molecule has 0 amide bonds. The number of halogens is 1. The number of esters is 1. The summed E-state index contributed by atoms with van der Waals surface area (Å²) in [6.07, 6.45) is 3.18. The molecule has 0 bridgehead atoms. The monoisotopic (exact) mass is 290 g/mol. The van der Waals surface area contributed by atoms with Gasteiger partial charge in [0.05, 0.1) is 0 Å². The molecule has 4 nitrogen and oxygen atoms in total. The summed E-state index contributed by atoms with van der Waals surface area (Å²) in [6.45, 7) is 3.69. The van der Waals surface area contributed by atoms with Gasteiger partial charge in [0.15, 0.2) is 0 Å². The Hall–Kier alpha value is -2.07. The van der Waals surface area contributed by atoms with Gasteiger partial charge in [-0.15, -0.1) is 0 Å². The molecule has 0 aliphatic carbocycles. The van der Waals surface area contributed by atoms with Crippen molar-refractivity contribution < 1.29 is 9.53 Å². The minimum Gasteiger partial charge on any atom is -0.454 e. The fourth-order valence-corrected chi connectivity index (χ4v) is 2.32. The Morgan fingerprint density at radius 2 is 2.35 bits per heavy atom. The van der Waals surface area contributed by atoms with Gasteiger partial charge in [-0.2, -0.15) is 0 Å². The lowest BCUT2D eigenvalue weighted by Crippen LogP contribution is -2.04. The molecule has 1 aromatic carbocycles. The SMILES string of the molecule is C=C1CC(c2cc(Cl)ccc2/C(C=NC)=C/N)OC1=O. The van der Waals surface area contributed by atoms with Gasteiger partial charge in [0, 0.05) is 47.6 Å². The number of rotatable bonds is 3. The van der Waals surface area contributed by atoms with Crippen LogP contribution in [0.1, 0.15) is 23.7 Å². The zero-order valence-corrected chi connectivity index (χ0v) is 11.9. The van der Waals surface area contributed by atoms with E-state index in [1.54, 1.807) is 25.4 Å². The van der Waals surface area contributed by atoms with Crippen molar-refractivity contribution in [1.29, 1.82) is 0 Å². The predicted molar refractivity (Wildman–Crippen MR) is 80.6 cm³/mol. The maximum Gasteiger partial charge on any atom is 0.334 e. The van der Waals surface area contributed by atoms with E-state index in [2.05, 4.69) is 11.6 Å². The number of nitrogens with two attached hydrogens (primary N) is 1. The number of carbonyl (C=O) groups excluding carboxylic acids is 1. The topological polar surface area (TPSA) is 64.7 Å². The molecule has 20 heavy (non-hydrogen) atoms. The highest BCUT2D eigenvalue weighted by Crippen LogP contribution is 2.37. The van der Waals surface area contributed by atoms with Gasteiger partial charge < -0.3 is 10.5 Å². The second-order valence-electron chi connectivity index (χ2n) is 4.44. The van der Waals surface area contributed by atoms with E-state index in [0.29, 0.717) is 17.0 Å². The lowest BCUT2D eigenvalue weighted by Gasteiger charge is -2.15. The largest absolute Gasteiger partial charge is 0.454 e. The quantitative estimate of drug-likeness (QED) is 0.529. The molecule has 1 atom stereocenters. The Bertz CT molecular complexity index is 604. The van der Waals surface area contributed by atoms with E-state index in [1.807, 2.05) is 6.07 Å². The van der Waals surface area contributed by atoms with Crippen molar-refractivity contribution in [3.8, 4) is 0 Å². The molecule has 2 rings (SSSR count). The third kappa shape index (κ3) is 2.75. The first kappa shape index (κ1) is 14.3. The van der Waals surface area contributed by atoms with Crippen molar-refractivity contribution in [2.75, 3.05) is 7.05 Å². The number of benzene rings is 1. The average Bonchev–Trinajstić information content (AvgIpc) is 2.76. The van der Waals surface area contributed by atoms with Crippen molar-refractivity contribution in [3.05, 3.63) is 52.7 Å². The fourth-order valence-electron chi connectivity index (χ4n) is 2.14. The Labute approximate surface area is 122 Å². The molecule has 104 valence electrons. The fraction of sp³-hybridized carbons (Fsp3) is 0.200. The summed E-state index contributed by atoms with van der Waals surface area (Å²) in [6, 6.07) is 5.38. The van der Waals surface area contributed by atoms with Crippen LogP contribution in [0.25, 0.3) is 5.57 Å². The molecule has 0 radical (unpaired) electrons. The van der Waals surface area contributed by atoms with Crippen LogP contribution in [0.15, 0.2) is 41.5 Å². The second kappa shape index (κ2) is 5.92. The van der Waals surface area contributed by atoms with Gasteiger partial charge in [-0.3, -0.25) is 4.99 Å². The molecular formula is C15H15ClN2O2. The highest BCUT2D eigenvalue weighted by atomic mass is 35.5. The van der Waals surface area contributed by atoms with Crippen LogP contribution in [0.3, 0.4) is 0 Å². The van der Waals surface area contributed by atoms with Crippen LogP contribution in [0, 0.1) is 0 Å². The van der Waals surface area contributed by atoms with Gasteiger partial charge in [0.25, 0.3) is 0 Å². The molecule has 1 aliphatic rings. The maximum atomic E-state index is 11.5. The van der Waals surface area contributed by atoms with E-state index in [0.717, 1.165) is 16.7 Å². The molecule has 1 aromatic rings. The van der Waals surface area contributed by atoms with Gasteiger partial charge >= 0.3 is 5.97 Å². The Morgan fingerprint density at radius 3 is 2.90 bits per heavy atom. The molecule has 0 aromatic heterocycles. The van der Waals surface area contributed by atoms with E-state index in [-0.39, 0.29) is 12.1 Å². The standard InChI is InChI=1S/C15H15ClN2O2/c1-9-5-14(20-15(9)19)13-6-11(16)3-4-12(13)10(7-17)8-18-2/h3-4,6-8,14H,1,5,17H2,2H3/b10-7+,18-8?. The molecular weight excluding hydrogens is 276 g/mol. The van der Waals surface area contributed by atoms with Gasteiger partial charge in [-0.05, 0) is 17.7 Å². The summed E-state index contributed by atoms with van der Waals surface area (Å²) in [4.78, 5) is 15.5. The van der Waals surface area contributed by atoms with Gasteiger partial charge in [-0.25, -0.2) is 4.79 Å². The van der Waals surface area contributed by atoms with Crippen LogP contribution in [-0.2, 0) is 9.53 Å². The van der Waals surface area contributed by atoms with Crippen molar-refractivity contribution in [2.45, 2.75) is 12.5 Å². The molecule has 5 heteroatoms. The smallest absolute Gasteiger partial charge is 0.334 e. The highest BCUT2D eigenvalue weighted by molar-refractivity contribution is 6.30. The number of ether oxygens (including phenoxy) is 1. The predicted octanol–water partition coefficient (Wildman–Crippen LogP) is 2.88. The molecule has 0 spiro atoms. The molecule has 2 N–H and O–H groups in total. The van der Waals surface area contributed by atoms with E-state index < -0.39 is 0 Å². The summed E-state index contributed by atoms with van der Waals surface area (Å²) < 4.78 is 5.32. The molecule has 1 aliphatic heterocycles. The lowest BCUT2D eigenvalue weighted by molar-refractivity contribution is -0.139. The summed E-state index contributed by atoms with van der Waals surface area (Å²) >= 11 is 6.05. The first-order chi connectivity index (χ1) is 9.56. The molecule has 1 unspecified atom stereocenters. The molecule has 1 fully saturated rings. The number of nitrogens with zero attached hydrogens (tertiary/aromatic N) is 1. The number of aliphatic imine (C=N–C) groups is 1. The zero-order valence-electron chi connectivity index (χ0n) is 11.1. The van der Waals surface area contributed by atoms with Crippen molar-refractivity contribution in [3.63, 3.8) is 0 Å². The number of cyclic esters (lactones) is 1. The molecule has 1 saturated heterocycles. The van der Waals surface area contributed by atoms with E-state index in [4.69, 9.17) is 22.1 Å². The van der Waals surface area contributed by atoms with Gasteiger partial charge in [0.2, 0.25) is 0 Å². The van der Waals surface area contributed by atoms with E-state index in [1.165, 1.54) is 6.20 Å². The Balaban J connectivity index is 2.49. The van der Waals surface area contributed by atoms with E-state index >= 15 is 0 Å². The number of carbonyl (C=O) groups is 1. The van der Waals surface area contributed by atoms with Crippen molar-refractivity contribution in [2.24, 2.45) is 10.7 Å². The van der Waals surface area contributed by atoms with Crippen LogP contribution < -0.4 is 5.73 Å². The number of hydrogen-bond donors (Lipinski definition) is 1. The van der Waals surface area contributed by atoms with Gasteiger partial charge in [-0.1, -0.05) is 24.2 Å². The normalized spacial score (nSPS) is 19.7. The summed E-state index contributed by atoms with van der Waals surface area (Å²) in [5.41, 5.74) is 8.49. The van der Waals surface area contributed by atoms with Gasteiger partial charge in [0.1, 0.15) is 6.10 Å². The first-order valence-corrected chi connectivity index (χ1v) is 6.47. The second-order valence-corrected chi connectivity index (χ2v) is 4.88. The highest BCUT2D eigenvalue weighted by Gasteiger charge is 2.30. The zero-order chi connectivity index (χ0) is 14.7. The summed E-state index contributed by atoms with van der Waals surface area (Å²) in [5, 5.41) is 0.571. The third-order valence-electron chi connectivity index (χ3n) is 3.09. The summed E-state index contributed by atoms with van der Waals surface area (Å²) in [5.74, 6) is -0.372. The maximum absolute atomic E-state index is 11.5. The summed E-state index contributed by atoms with van der Waals surface area (Å²) in [7, 11) is 1.66. The number of allylic oxidation sites excluding steroid dienone is 1. The third-order valence-corrected chi connectivity index (χ3v) is 3.32. The Kier molecular flexibility index (Phi) is 4.25. The molecule has 1 heterocycles. The lowest BCUT2D eigenvalue weighted by atomic mass is 9.95. The Morgan fingerprint density at radius 1 is 1.60 bits per heavy atom. The number of hydrogen-bond acceptors (Lipinski definition) is 4. The van der Waals surface area contributed by atoms with Crippen molar-refractivity contribution >= 4 is 29.4 Å². The van der Waals surface area contributed by atoms with Crippen molar-refractivity contribution in [1.82, 2.24) is 0 Å². The van der Waals surface area contributed by atoms with Crippen LogP contribution in [0.5, 0.6) is 0 Å². The minimum absolute atomic E-state index is 0.372. The average molecular weight is 291 g/mol.